The van der Waals surface area contributed by atoms with Crippen molar-refractivity contribution in [1.82, 2.24) is 4.57 Å². The lowest BCUT2D eigenvalue weighted by atomic mass is 10.0. The number of fused-ring (bicyclic) bond motifs is 3. The van der Waals surface area contributed by atoms with E-state index in [1.165, 1.54) is 5.56 Å². The first-order valence-electron chi connectivity index (χ1n) is 11.5. The summed E-state index contributed by atoms with van der Waals surface area (Å²) >= 11 is 0. The number of primary amides is 1. The summed E-state index contributed by atoms with van der Waals surface area (Å²) in [5.74, 6) is -0.453. The van der Waals surface area contributed by atoms with Crippen molar-refractivity contribution in [3.05, 3.63) is 119 Å². The molecule has 0 saturated heterocycles. The zero-order chi connectivity index (χ0) is 23.7. The van der Waals surface area contributed by atoms with E-state index in [9.17, 15) is 9.59 Å². The van der Waals surface area contributed by atoms with Gasteiger partial charge in [0.2, 0.25) is 5.91 Å². The molecule has 1 amide bonds. The first kappa shape index (κ1) is 21.7. The van der Waals surface area contributed by atoms with Crippen LogP contribution in [-0.2, 0) is 13.0 Å². The quantitative estimate of drug-likeness (QED) is 0.316. The van der Waals surface area contributed by atoms with Gasteiger partial charge in [-0.3, -0.25) is 9.59 Å². The maximum absolute atomic E-state index is 13.0. The largest absolute Gasteiger partial charge is 0.366 e. The van der Waals surface area contributed by atoms with E-state index in [0.29, 0.717) is 23.2 Å². The van der Waals surface area contributed by atoms with Crippen LogP contribution in [0.4, 0.5) is 0 Å². The van der Waals surface area contributed by atoms with Crippen molar-refractivity contribution in [2.45, 2.75) is 26.3 Å². The molecule has 4 heteroatoms. The Morgan fingerprint density at radius 2 is 1.62 bits per heavy atom. The fourth-order valence-corrected chi connectivity index (χ4v) is 4.66. The number of carbonyl (C=O) groups is 2. The van der Waals surface area contributed by atoms with Gasteiger partial charge >= 0.3 is 0 Å². The topological polar surface area (TPSA) is 65.1 Å². The van der Waals surface area contributed by atoms with E-state index >= 15 is 0 Å². The summed E-state index contributed by atoms with van der Waals surface area (Å²) < 4.78 is 2.19. The van der Waals surface area contributed by atoms with Crippen LogP contribution < -0.4 is 5.73 Å². The van der Waals surface area contributed by atoms with Gasteiger partial charge in [-0.2, -0.15) is 0 Å². The molecule has 4 nitrogen and oxygen atoms in total. The Balaban J connectivity index is 1.65. The van der Waals surface area contributed by atoms with Crippen molar-refractivity contribution in [3.63, 3.8) is 0 Å². The van der Waals surface area contributed by atoms with Gasteiger partial charge in [0, 0.05) is 34.0 Å². The summed E-state index contributed by atoms with van der Waals surface area (Å²) in [5, 5.41) is 1.71. The van der Waals surface area contributed by atoms with E-state index in [1.807, 2.05) is 72.8 Å². The van der Waals surface area contributed by atoms with Gasteiger partial charge < -0.3 is 10.3 Å². The van der Waals surface area contributed by atoms with Crippen LogP contribution in [0.1, 0.15) is 50.8 Å². The van der Waals surface area contributed by atoms with Gasteiger partial charge in [-0.05, 0) is 47.9 Å². The molecule has 0 aliphatic heterocycles. The van der Waals surface area contributed by atoms with Crippen LogP contribution >= 0.6 is 0 Å². The normalized spacial score (nSPS) is 11.2. The highest BCUT2D eigenvalue weighted by atomic mass is 16.1. The molecule has 0 aliphatic rings. The van der Waals surface area contributed by atoms with Gasteiger partial charge in [0.05, 0.1) is 11.0 Å². The van der Waals surface area contributed by atoms with Crippen molar-refractivity contribution in [3.8, 4) is 0 Å². The molecule has 4 aromatic carbocycles. The summed E-state index contributed by atoms with van der Waals surface area (Å²) in [6, 6.07) is 30.3. The summed E-state index contributed by atoms with van der Waals surface area (Å²) in [7, 11) is 0. The van der Waals surface area contributed by atoms with E-state index in [2.05, 4.69) is 23.6 Å². The summed E-state index contributed by atoms with van der Waals surface area (Å²) in [4.78, 5) is 25.2. The van der Waals surface area contributed by atoms with Gasteiger partial charge in [0.15, 0.2) is 5.78 Å². The molecule has 34 heavy (non-hydrogen) atoms. The minimum atomic E-state index is -0.453. The number of nitrogens with two attached hydrogens (primary N) is 1. The molecule has 0 atom stereocenters. The third-order valence-corrected chi connectivity index (χ3v) is 6.22. The lowest BCUT2D eigenvalue weighted by molar-refractivity contribution is 0.1000. The summed E-state index contributed by atoms with van der Waals surface area (Å²) in [5.41, 5.74) is 11.7. The number of hydrogen-bond acceptors (Lipinski definition) is 2. The highest BCUT2D eigenvalue weighted by Crippen LogP contribution is 2.33. The first-order chi connectivity index (χ1) is 16.6. The average molecular weight is 446 g/mol. The monoisotopic (exact) mass is 445 g/mol. The van der Waals surface area contributed by atoms with Crippen LogP contribution in [0.2, 0.25) is 0 Å². The van der Waals surface area contributed by atoms with Gasteiger partial charge in [-0.15, -0.1) is 0 Å². The van der Waals surface area contributed by atoms with E-state index in [0.717, 1.165) is 40.2 Å². The van der Waals surface area contributed by atoms with Crippen LogP contribution in [0, 0.1) is 6.07 Å². The Kier molecular flexibility index (Phi) is 5.72. The molecule has 167 valence electrons. The summed E-state index contributed by atoms with van der Waals surface area (Å²) in [6.45, 7) is 2.71. The van der Waals surface area contributed by atoms with Crippen LogP contribution in [-0.4, -0.2) is 16.3 Å². The third-order valence-electron chi connectivity index (χ3n) is 6.22. The molecule has 0 unspecified atom stereocenters. The smallest absolute Gasteiger partial charge is 0.249 e. The number of carbonyl (C=O) groups excluding carboxylic acids is 2. The molecular formula is C30H25N2O2. The fourth-order valence-electron chi connectivity index (χ4n) is 4.66. The number of aromatic nitrogens is 1. The minimum absolute atomic E-state index is 0.000692. The van der Waals surface area contributed by atoms with Crippen molar-refractivity contribution in [2.75, 3.05) is 0 Å². The Bertz CT molecular complexity index is 1530. The van der Waals surface area contributed by atoms with E-state index in [1.54, 1.807) is 6.07 Å². The maximum Gasteiger partial charge on any atom is 0.249 e. The van der Waals surface area contributed by atoms with Gasteiger partial charge in [-0.1, -0.05) is 74.0 Å². The molecule has 0 fully saturated rings. The Morgan fingerprint density at radius 3 is 2.38 bits per heavy atom. The van der Waals surface area contributed by atoms with Crippen LogP contribution in [0.25, 0.3) is 21.8 Å². The number of ketones is 1. The zero-order valence-electron chi connectivity index (χ0n) is 19.0. The fraction of sp³-hybridized carbons (Fsp3) is 0.133. The van der Waals surface area contributed by atoms with Gasteiger partial charge in [0.1, 0.15) is 0 Å². The van der Waals surface area contributed by atoms with Gasteiger partial charge in [0.25, 0.3) is 0 Å². The Hall–Kier alpha value is -4.18. The van der Waals surface area contributed by atoms with Gasteiger partial charge in [-0.25, -0.2) is 0 Å². The average Bonchev–Trinajstić information content (AvgIpc) is 3.17. The lowest BCUT2D eigenvalue weighted by Crippen LogP contribution is -2.11. The number of aryl methyl sites for hydroxylation is 1. The standard InChI is InChI=1S/C30H25N2O2/c1-2-8-20-15-16-24-27(18-20)32(26-14-7-13-25(28(24)26)30(31)34)19-21-9-6-12-23(17-21)29(33)22-10-4-3-5-11-22/h3-7,9-15,17-18H,2,8,19H2,1H3,(H2,31,34). The molecule has 1 radical (unpaired) electrons. The Labute approximate surface area is 198 Å². The van der Waals surface area contributed by atoms with Crippen molar-refractivity contribution in [1.29, 1.82) is 0 Å². The molecule has 5 rings (SSSR count). The second-order valence-electron chi connectivity index (χ2n) is 8.56. The SMILES string of the molecule is CCCc1c[c]c2c3c(C(N)=O)cccc3n(Cc3cccc(C(=O)c4ccccc4)c3)c2c1. The number of amides is 1. The molecule has 0 spiro atoms. The van der Waals surface area contributed by atoms with E-state index in [4.69, 9.17) is 5.73 Å². The van der Waals surface area contributed by atoms with E-state index in [-0.39, 0.29) is 5.78 Å². The number of rotatable bonds is 7. The molecular weight excluding hydrogens is 420 g/mol. The summed E-state index contributed by atoms with van der Waals surface area (Å²) in [6.07, 6.45) is 1.99. The molecule has 2 N–H and O–H groups in total. The predicted octanol–water partition coefficient (Wildman–Crippen LogP) is 5.93. The van der Waals surface area contributed by atoms with Crippen molar-refractivity contribution in [2.24, 2.45) is 5.73 Å². The maximum atomic E-state index is 13.0. The van der Waals surface area contributed by atoms with Crippen molar-refractivity contribution < 1.29 is 9.59 Å². The lowest BCUT2D eigenvalue weighted by Gasteiger charge is -2.10. The number of hydrogen-bond donors (Lipinski definition) is 1. The second-order valence-corrected chi connectivity index (χ2v) is 8.56. The molecule has 5 aromatic rings. The first-order valence-corrected chi connectivity index (χ1v) is 11.5. The molecule has 1 aromatic heterocycles. The van der Waals surface area contributed by atoms with Crippen LogP contribution in [0.5, 0.6) is 0 Å². The van der Waals surface area contributed by atoms with Crippen molar-refractivity contribution >= 4 is 33.5 Å². The Morgan fingerprint density at radius 1 is 0.853 bits per heavy atom. The van der Waals surface area contributed by atoms with E-state index < -0.39 is 5.91 Å². The minimum Gasteiger partial charge on any atom is -0.366 e. The molecule has 0 bridgehead atoms. The number of nitrogens with zero attached hydrogens (tertiary/aromatic N) is 1. The number of benzene rings is 4. The second kappa shape index (κ2) is 8.99. The van der Waals surface area contributed by atoms with Crippen LogP contribution in [0.3, 0.4) is 0 Å². The molecule has 0 aliphatic carbocycles. The highest BCUT2D eigenvalue weighted by Gasteiger charge is 2.18. The molecule has 1 heterocycles. The highest BCUT2D eigenvalue weighted by molar-refractivity contribution is 6.17. The molecule has 0 saturated carbocycles. The third kappa shape index (κ3) is 3.88. The van der Waals surface area contributed by atoms with Crippen LogP contribution in [0.15, 0.2) is 84.9 Å². The zero-order valence-corrected chi connectivity index (χ0v) is 19.0. The predicted molar refractivity (Wildman–Crippen MR) is 136 cm³/mol.